The quantitative estimate of drug-likeness (QED) is 0.473. The molecule has 2 aromatic rings. The van der Waals surface area contributed by atoms with Gasteiger partial charge in [0.1, 0.15) is 11.5 Å². The third kappa shape index (κ3) is 4.09. The second kappa shape index (κ2) is 6.00. The fourth-order valence-corrected chi connectivity index (χ4v) is 2.00. The Labute approximate surface area is 125 Å². The molecular weight excluding hydrogens is 264 g/mol. The van der Waals surface area contributed by atoms with Crippen molar-refractivity contribution < 1.29 is 13.9 Å². The van der Waals surface area contributed by atoms with Crippen LogP contribution in [0.2, 0.25) is 0 Å². The molecule has 0 N–H and O–H groups in total. The molecule has 0 aliphatic carbocycles. The number of furan rings is 1. The van der Waals surface area contributed by atoms with Crippen molar-refractivity contribution in [1.82, 2.24) is 0 Å². The van der Waals surface area contributed by atoms with Crippen LogP contribution in [0.25, 0.3) is 6.08 Å². The summed E-state index contributed by atoms with van der Waals surface area (Å²) in [5, 5.41) is 0. The Bertz CT molecular complexity index is 644. The van der Waals surface area contributed by atoms with Gasteiger partial charge in [-0.05, 0) is 36.6 Å². The Kier molecular flexibility index (Phi) is 4.32. The largest absolute Gasteiger partial charge is 0.465 e. The monoisotopic (exact) mass is 284 g/mol. The minimum absolute atomic E-state index is 0.0909. The molecule has 3 nitrogen and oxygen atoms in total. The van der Waals surface area contributed by atoms with E-state index in [1.54, 1.807) is 24.5 Å². The number of carbonyl (C=O) groups excluding carboxylic acids is 1. The van der Waals surface area contributed by atoms with Crippen molar-refractivity contribution in [3.05, 3.63) is 59.6 Å². The van der Waals surface area contributed by atoms with Gasteiger partial charge in [0.25, 0.3) is 0 Å². The third-order valence-electron chi connectivity index (χ3n) is 3.08. The summed E-state index contributed by atoms with van der Waals surface area (Å²) in [6.07, 6.45) is 4.51. The molecule has 1 aromatic carbocycles. The summed E-state index contributed by atoms with van der Waals surface area (Å²) in [4.78, 5) is 11.9. The molecule has 0 unspecified atom stereocenters. The van der Waals surface area contributed by atoms with Crippen molar-refractivity contribution in [2.24, 2.45) is 0 Å². The summed E-state index contributed by atoms with van der Waals surface area (Å²) >= 11 is 0. The number of hydrogen-bond acceptors (Lipinski definition) is 3. The SMILES string of the molecule is Cc1ccc(OC(=O)C=Cc2ccco2)c(C(C)(C)C)c1. The summed E-state index contributed by atoms with van der Waals surface area (Å²) in [6.45, 7) is 8.31. The Balaban J connectivity index is 2.18. The number of esters is 1. The summed E-state index contributed by atoms with van der Waals surface area (Å²) in [6, 6.07) is 9.38. The van der Waals surface area contributed by atoms with Crippen LogP contribution in [0.4, 0.5) is 0 Å². The van der Waals surface area contributed by atoms with Crippen molar-refractivity contribution in [3.63, 3.8) is 0 Å². The van der Waals surface area contributed by atoms with E-state index in [2.05, 4.69) is 26.8 Å². The van der Waals surface area contributed by atoms with Crippen molar-refractivity contribution >= 4 is 12.0 Å². The molecular formula is C18H20O3. The first-order valence-corrected chi connectivity index (χ1v) is 6.91. The van der Waals surface area contributed by atoms with E-state index in [-0.39, 0.29) is 5.41 Å². The van der Waals surface area contributed by atoms with Gasteiger partial charge in [0, 0.05) is 11.6 Å². The molecule has 3 heteroatoms. The number of benzene rings is 1. The molecule has 0 spiro atoms. The van der Waals surface area contributed by atoms with Gasteiger partial charge in [0.2, 0.25) is 0 Å². The smallest absolute Gasteiger partial charge is 0.336 e. The molecule has 0 bridgehead atoms. The Hall–Kier alpha value is -2.29. The molecule has 2 rings (SSSR count). The molecule has 0 saturated heterocycles. The van der Waals surface area contributed by atoms with Crippen molar-refractivity contribution in [2.45, 2.75) is 33.1 Å². The normalized spacial score (nSPS) is 11.8. The van der Waals surface area contributed by atoms with Gasteiger partial charge in [0.15, 0.2) is 0 Å². The first-order valence-electron chi connectivity index (χ1n) is 6.91. The maximum atomic E-state index is 11.9. The lowest BCUT2D eigenvalue weighted by Gasteiger charge is -2.22. The van der Waals surface area contributed by atoms with E-state index in [0.29, 0.717) is 11.5 Å². The maximum Gasteiger partial charge on any atom is 0.336 e. The van der Waals surface area contributed by atoms with Gasteiger partial charge in [-0.15, -0.1) is 0 Å². The van der Waals surface area contributed by atoms with Crippen LogP contribution in [0, 0.1) is 6.92 Å². The molecule has 0 aliphatic rings. The molecule has 0 aliphatic heterocycles. The maximum absolute atomic E-state index is 11.9. The number of rotatable bonds is 3. The van der Waals surface area contributed by atoms with Gasteiger partial charge >= 0.3 is 5.97 Å². The van der Waals surface area contributed by atoms with E-state index in [1.165, 1.54) is 6.08 Å². The lowest BCUT2D eigenvalue weighted by Crippen LogP contribution is -2.15. The zero-order valence-electron chi connectivity index (χ0n) is 12.8. The van der Waals surface area contributed by atoms with Gasteiger partial charge in [-0.25, -0.2) is 4.79 Å². The second-order valence-corrected chi connectivity index (χ2v) is 6.02. The molecule has 1 aromatic heterocycles. The number of ether oxygens (including phenoxy) is 1. The fourth-order valence-electron chi connectivity index (χ4n) is 2.00. The highest BCUT2D eigenvalue weighted by atomic mass is 16.5. The summed E-state index contributed by atoms with van der Waals surface area (Å²) in [7, 11) is 0. The van der Waals surface area contributed by atoms with Gasteiger partial charge in [0.05, 0.1) is 6.26 Å². The first-order chi connectivity index (χ1) is 9.86. The van der Waals surface area contributed by atoms with Gasteiger partial charge in [-0.1, -0.05) is 38.5 Å². The lowest BCUT2D eigenvalue weighted by atomic mass is 9.85. The molecule has 0 amide bonds. The summed E-state index contributed by atoms with van der Waals surface area (Å²) in [5.74, 6) is 0.801. The van der Waals surface area contributed by atoms with Crippen molar-refractivity contribution in [2.75, 3.05) is 0 Å². The Morgan fingerprint density at radius 2 is 2.00 bits per heavy atom. The first kappa shape index (κ1) is 15.1. The summed E-state index contributed by atoms with van der Waals surface area (Å²) < 4.78 is 10.6. The highest BCUT2D eigenvalue weighted by Gasteiger charge is 2.20. The molecule has 0 radical (unpaired) electrons. The van der Waals surface area contributed by atoms with Gasteiger partial charge in [-0.2, -0.15) is 0 Å². The van der Waals surface area contributed by atoms with Crippen LogP contribution in [0.1, 0.15) is 37.7 Å². The average molecular weight is 284 g/mol. The van der Waals surface area contributed by atoms with Crippen LogP contribution in [-0.2, 0) is 10.2 Å². The van der Waals surface area contributed by atoms with Crippen molar-refractivity contribution in [3.8, 4) is 5.75 Å². The molecule has 0 atom stereocenters. The average Bonchev–Trinajstić information content (AvgIpc) is 2.90. The minimum atomic E-state index is -0.416. The van der Waals surface area contributed by atoms with Crippen LogP contribution >= 0.6 is 0 Å². The zero-order chi connectivity index (χ0) is 15.5. The number of carbonyl (C=O) groups is 1. The number of hydrogen-bond donors (Lipinski definition) is 0. The fraction of sp³-hybridized carbons (Fsp3) is 0.278. The van der Waals surface area contributed by atoms with Crippen LogP contribution in [0.5, 0.6) is 5.75 Å². The molecule has 21 heavy (non-hydrogen) atoms. The van der Waals surface area contributed by atoms with Gasteiger partial charge in [-0.3, -0.25) is 0 Å². The van der Waals surface area contributed by atoms with E-state index in [9.17, 15) is 4.79 Å². The van der Waals surface area contributed by atoms with E-state index in [1.807, 2.05) is 19.1 Å². The number of aryl methyl sites for hydroxylation is 1. The van der Waals surface area contributed by atoms with E-state index < -0.39 is 5.97 Å². The second-order valence-electron chi connectivity index (χ2n) is 6.02. The van der Waals surface area contributed by atoms with Crippen molar-refractivity contribution in [1.29, 1.82) is 0 Å². The zero-order valence-corrected chi connectivity index (χ0v) is 12.8. The highest BCUT2D eigenvalue weighted by Crippen LogP contribution is 2.32. The predicted octanol–water partition coefficient (Wildman–Crippen LogP) is 4.50. The van der Waals surface area contributed by atoms with E-state index in [4.69, 9.17) is 9.15 Å². The van der Waals surface area contributed by atoms with E-state index >= 15 is 0 Å². The molecule has 0 saturated carbocycles. The predicted molar refractivity (Wildman–Crippen MR) is 83.3 cm³/mol. The van der Waals surface area contributed by atoms with Crippen LogP contribution < -0.4 is 4.74 Å². The molecule has 0 fully saturated rings. The highest BCUT2D eigenvalue weighted by molar-refractivity contribution is 5.88. The summed E-state index contributed by atoms with van der Waals surface area (Å²) in [5.41, 5.74) is 2.07. The topological polar surface area (TPSA) is 39.4 Å². The standard InChI is InChI=1S/C18H20O3/c1-13-7-9-16(15(12-13)18(2,3)4)21-17(19)10-8-14-6-5-11-20-14/h5-12H,1-4H3. The molecule has 1 heterocycles. The van der Waals surface area contributed by atoms with Crippen LogP contribution in [0.15, 0.2) is 47.1 Å². The molecule has 110 valence electrons. The third-order valence-corrected chi connectivity index (χ3v) is 3.08. The van der Waals surface area contributed by atoms with Gasteiger partial charge < -0.3 is 9.15 Å². The lowest BCUT2D eigenvalue weighted by molar-refractivity contribution is -0.129. The van der Waals surface area contributed by atoms with Crippen LogP contribution in [0.3, 0.4) is 0 Å². The van der Waals surface area contributed by atoms with E-state index in [0.717, 1.165) is 11.1 Å². The Morgan fingerprint density at radius 1 is 1.24 bits per heavy atom. The van der Waals surface area contributed by atoms with Crippen LogP contribution in [-0.4, -0.2) is 5.97 Å². The minimum Gasteiger partial charge on any atom is -0.465 e. The Morgan fingerprint density at radius 3 is 2.62 bits per heavy atom.